The largest absolute Gasteiger partial charge is 0.0705 e. The van der Waals surface area contributed by atoms with E-state index in [1.807, 2.05) is 0 Å². The third kappa shape index (κ3) is 8.20. The fraction of sp³-hybridized carbons (Fsp3) is 0.867. The highest BCUT2D eigenvalue weighted by Crippen LogP contribution is 2.37. The molecule has 4 unspecified atom stereocenters. The lowest BCUT2D eigenvalue weighted by Gasteiger charge is -2.26. The molecule has 0 heterocycles. The molecule has 3 aliphatic rings. The number of hydrogen-bond acceptors (Lipinski definition) is 0. The van der Waals surface area contributed by atoms with Gasteiger partial charge in [0.05, 0.1) is 0 Å². The van der Waals surface area contributed by atoms with Crippen LogP contribution in [0.1, 0.15) is 136 Å². The van der Waals surface area contributed by atoms with E-state index in [1.165, 1.54) is 116 Å². The van der Waals surface area contributed by atoms with Gasteiger partial charge in [0.25, 0.3) is 0 Å². The SMILES string of the molecule is CCC1CCCC(CC(CCCC2CCCCC2)CC2=CC=C(C)C(C)CC2)CC1. The van der Waals surface area contributed by atoms with Crippen molar-refractivity contribution >= 4 is 0 Å². The lowest BCUT2D eigenvalue weighted by Crippen LogP contribution is -2.12. The van der Waals surface area contributed by atoms with Gasteiger partial charge in [-0.1, -0.05) is 127 Å². The van der Waals surface area contributed by atoms with Crippen LogP contribution in [-0.4, -0.2) is 0 Å². The molecule has 172 valence electrons. The molecule has 3 rings (SSSR count). The van der Waals surface area contributed by atoms with Gasteiger partial charge in [-0.3, -0.25) is 0 Å². The Morgan fingerprint density at radius 3 is 2.37 bits per heavy atom. The molecule has 0 radical (unpaired) electrons. The average molecular weight is 413 g/mol. The van der Waals surface area contributed by atoms with Crippen molar-refractivity contribution in [3.05, 3.63) is 23.3 Å². The van der Waals surface area contributed by atoms with Gasteiger partial charge in [0.15, 0.2) is 0 Å². The van der Waals surface area contributed by atoms with E-state index in [1.54, 1.807) is 11.1 Å². The van der Waals surface area contributed by atoms with Gasteiger partial charge >= 0.3 is 0 Å². The zero-order valence-corrected chi connectivity index (χ0v) is 20.8. The topological polar surface area (TPSA) is 0 Å². The second-order valence-electron chi connectivity index (χ2n) is 11.6. The van der Waals surface area contributed by atoms with Gasteiger partial charge in [0.1, 0.15) is 0 Å². The third-order valence-electron chi connectivity index (χ3n) is 9.21. The summed E-state index contributed by atoms with van der Waals surface area (Å²) in [5.41, 5.74) is 3.36. The normalized spacial score (nSPS) is 30.2. The standard InChI is InChI=1S/C30H52/c1-4-26-12-8-14-28(21-20-26)22-30(15-9-13-27-10-6-5-7-11-27)23-29-18-16-24(2)25(3)17-19-29/h16,18,25-28,30H,4-15,17,19-23H2,1-3H3. The van der Waals surface area contributed by atoms with Crippen LogP contribution in [0.2, 0.25) is 0 Å². The minimum Gasteiger partial charge on any atom is -0.0705 e. The van der Waals surface area contributed by atoms with Crippen molar-refractivity contribution in [2.75, 3.05) is 0 Å². The van der Waals surface area contributed by atoms with Crippen LogP contribution in [-0.2, 0) is 0 Å². The van der Waals surface area contributed by atoms with Gasteiger partial charge in [0.2, 0.25) is 0 Å². The Morgan fingerprint density at radius 2 is 1.57 bits per heavy atom. The molecular formula is C30H52. The Morgan fingerprint density at radius 1 is 0.833 bits per heavy atom. The van der Waals surface area contributed by atoms with Gasteiger partial charge < -0.3 is 0 Å². The molecule has 0 N–H and O–H groups in total. The molecule has 0 aromatic heterocycles. The molecule has 0 nitrogen and oxygen atoms in total. The van der Waals surface area contributed by atoms with Crippen LogP contribution in [0, 0.1) is 29.6 Å². The molecule has 0 aromatic rings. The molecule has 2 saturated carbocycles. The van der Waals surface area contributed by atoms with E-state index in [0.717, 1.165) is 29.6 Å². The summed E-state index contributed by atoms with van der Waals surface area (Å²) >= 11 is 0. The first-order chi connectivity index (χ1) is 14.6. The number of hydrogen-bond donors (Lipinski definition) is 0. The Balaban J connectivity index is 1.54. The number of allylic oxidation sites excluding steroid dienone is 4. The zero-order valence-electron chi connectivity index (χ0n) is 20.8. The first kappa shape index (κ1) is 24.1. The van der Waals surface area contributed by atoms with Crippen LogP contribution >= 0.6 is 0 Å². The Kier molecular flexibility index (Phi) is 10.6. The molecule has 4 atom stereocenters. The Hall–Kier alpha value is -0.520. The van der Waals surface area contributed by atoms with E-state index < -0.39 is 0 Å². The molecule has 0 spiro atoms. The van der Waals surface area contributed by atoms with Crippen LogP contribution in [0.25, 0.3) is 0 Å². The van der Waals surface area contributed by atoms with Gasteiger partial charge in [-0.2, -0.15) is 0 Å². The molecule has 0 aliphatic heterocycles. The lowest BCUT2D eigenvalue weighted by atomic mass is 9.80. The summed E-state index contributed by atoms with van der Waals surface area (Å²) in [6.07, 6.45) is 31.7. The van der Waals surface area contributed by atoms with Crippen molar-refractivity contribution in [1.29, 1.82) is 0 Å². The second kappa shape index (κ2) is 13.1. The van der Waals surface area contributed by atoms with Crippen LogP contribution < -0.4 is 0 Å². The van der Waals surface area contributed by atoms with Gasteiger partial charge in [-0.25, -0.2) is 0 Å². The quantitative estimate of drug-likeness (QED) is 0.330. The van der Waals surface area contributed by atoms with Gasteiger partial charge in [-0.15, -0.1) is 0 Å². The fourth-order valence-corrected chi connectivity index (χ4v) is 6.71. The molecule has 0 aromatic carbocycles. The summed E-state index contributed by atoms with van der Waals surface area (Å²) in [5, 5.41) is 0. The third-order valence-corrected chi connectivity index (χ3v) is 9.21. The van der Waals surface area contributed by atoms with Crippen LogP contribution in [0.5, 0.6) is 0 Å². The fourth-order valence-electron chi connectivity index (χ4n) is 6.71. The van der Waals surface area contributed by atoms with Crippen molar-refractivity contribution in [1.82, 2.24) is 0 Å². The van der Waals surface area contributed by atoms with Crippen molar-refractivity contribution in [3.63, 3.8) is 0 Å². The van der Waals surface area contributed by atoms with Crippen molar-refractivity contribution in [2.24, 2.45) is 29.6 Å². The van der Waals surface area contributed by atoms with E-state index in [4.69, 9.17) is 0 Å². The molecule has 0 heteroatoms. The summed E-state index contributed by atoms with van der Waals surface area (Å²) < 4.78 is 0. The van der Waals surface area contributed by atoms with Gasteiger partial charge in [-0.05, 0) is 62.2 Å². The van der Waals surface area contributed by atoms with E-state index in [9.17, 15) is 0 Å². The highest BCUT2D eigenvalue weighted by molar-refractivity contribution is 5.21. The van der Waals surface area contributed by atoms with Crippen molar-refractivity contribution < 1.29 is 0 Å². The monoisotopic (exact) mass is 412 g/mol. The zero-order chi connectivity index (χ0) is 21.2. The molecule has 30 heavy (non-hydrogen) atoms. The highest BCUT2D eigenvalue weighted by Gasteiger charge is 2.23. The van der Waals surface area contributed by atoms with Crippen LogP contribution in [0.3, 0.4) is 0 Å². The summed E-state index contributed by atoms with van der Waals surface area (Å²) in [4.78, 5) is 0. The van der Waals surface area contributed by atoms with E-state index in [2.05, 4.69) is 32.9 Å². The maximum Gasteiger partial charge on any atom is -0.0228 e. The maximum atomic E-state index is 2.52. The summed E-state index contributed by atoms with van der Waals surface area (Å²) in [6, 6.07) is 0. The lowest BCUT2D eigenvalue weighted by molar-refractivity contribution is 0.285. The second-order valence-corrected chi connectivity index (χ2v) is 11.6. The van der Waals surface area contributed by atoms with Crippen molar-refractivity contribution in [3.8, 4) is 0 Å². The first-order valence-corrected chi connectivity index (χ1v) is 14.0. The summed E-state index contributed by atoms with van der Waals surface area (Å²) in [6.45, 7) is 7.16. The molecule has 0 saturated heterocycles. The minimum atomic E-state index is 0.774. The van der Waals surface area contributed by atoms with E-state index >= 15 is 0 Å². The first-order valence-electron chi connectivity index (χ1n) is 14.0. The summed E-state index contributed by atoms with van der Waals surface area (Å²) in [5.74, 6) is 4.83. The Labute approximate surface area is 189 Å². The van der Waals surface area contributed by atoms with E-state index in [0.29, 0.717) is 0 Å². The molecular weight excluding hydrogens is 360 g/mol. The van der Waals surface area contributed by atoms with Crippen molar-refractivity contribution in [2.45, 2.75) is 136 Å². The molecule has 0 amide bonds. The van der Waals surface area contributed by atoms with Gasteiger partial charge in [0, 0.05) is 0 Å². The molecule has 3 aliphatic carbocycles. The van der Waals surface area contributed by atoms with Crippen LogP contribution in [0.15, 0.2) is 23.3 Å². The maximum absolute atomic E-state index is 2.52. The smallest absolute Gasteiger partial charge is 0.0228 e. The van der Waals surface area contributed by atoms with Crippen LogP contribution in [0.4, 0.5) is 0 Å². The van der Waals surface area contributed by atoms with E-state index in [-0.39, 0.29) is 0 Å². The predicted octanol–water partition coefficient (Wildman–Crippen LogP) is 10.0. The molecule has 2 fully saturated rings. The predicted molar refractivity (Wildman–Crippen MR) is 134 cm³/mol. The average Bonchev–Trinajstić information content (AvgIpc) is 3.08. The Bertz CT molecular complexity index is 532. The number of rotatable bonds is 9. The molecule has 0 bridgehead atoms. The summed E-state index contributed by atoms with van der Waals surface area (Å²) in [7, 11) is 0. The minimum absolute atomic E-state index is 0.774. The highest BCUT2D eigenvalue weighted by atomic mass is 14.3.